The van der Waals surface area contributed by atoms with Crippen LogP contribution in [0.25, 0.3) is 0 Å². The largest absolute Gasteiger partial charge is 0.469 e. The molecule has 2 rings (SSSR count). The molecule has 0 radical (unpaired) electrons. The fraction of sp³-hybridized carbons (Fsp3) is 0.529. The molecule has 0 spiro atoms. The molecule has 1 amide bonds. The van der Waals surface area contributed by atoms with E-state index >= 15 is 0 Å². The van der Waals surface area contributed by atoms with Crippen LogP contribution in [0, 0.1) is 5.92 Å². The maximum Gasteiger partial charge on any atom is 0.410 e. The van der Waals surface area contributed by atoms with Crippen molar-refractivity contribution >= 4 is 12.1 Å². The van der Waals surface area contributed by atoms with E-state index in [1.807, 2.05) is 30.3 Å². The van der Waals surface area contributed by atoms with Gasteiger partial charge in [0.15, 0.2) is 0 Å². The number of hydrogen-bond acceptors (Lipinski definition) is 5. The molecule has 1 N–H and O–H groups in total. The Labute approximate surface area is 136 Å². The predicted octanol–water partition coefficient (Wildman–Crippen LogP) is 1.96. The number of carbonyl (C=O) groups is 2. The molecule has 1 fully saturated rings. The quantitative estimate of drug-likeness (QED) is 0.839. The van der Waals surface area contributed by atoms with E-state index in [1.165, 1.54) is 7.11 Å². The molecule has 6 nitrogen and oxygen atoms in total. The number of amides is 1. The molecular weight excluding hydrogens is 298 g/mol. The van der Waals surface area contributed by atoms with Gasteiger partial charge in [-0.05, 0) is 18.4 Å². The van der Waals surface area contributed by atoms with Crippen LogP contribution in [0.15, 0.2) is 30.3 Å². The third kappa shape index (κ3) is 5.25. The summed E-state index contributed by atoms with van der Waals surface area (Å²) in [6, 6.07) is 9.48. The van der Waals surface area contributed by atoms with Gasteiger partial charge >= 0.3 is 12.1 Å². The Balaban J connectivity index is 1.82. The number of hydrogen-bond donors (Lipinski definition) is 1. The molecule has 2 atom stereocenters. The van der Waals surface area contributed by atoms with Gasteiger partial charge in [-0.2, -0.15) is 0 Å². The van der Waals surface area contributed by atoms with Crippen molar-refractivity contribution in [1.82, 2.24) is 4.90 Å². The zero-order chi connectivity index (χ0) is 16.7. The molecule has 1 aromatic rings. The van der Waals surface area contributed by atoms with E-state index in [1.54, 1.807) is 4.90 Å². The summed E-state index contributed by atoms with van der Waals surface area (Å²) in [7, 11) is 1.29. The van der Waals surface area contributed by atoms with Crippen molar-refractivity contribution in [2.24, 2.45) is 5.92 Å². The standard InChI is InChI=1S/C17H23NO5/c1-22-16(20)10-15(19)14-8-5-9-18(11-14)17(21)23-12-13-6-3-2-4-7-13/h2-4,6-7,14-15,19H,5,8-12H2,1H3. The Morgan fingerprint density at radius 3 is 2.78 bits per heavy atom. The second-order valence-corrected chi connectivity index (χ2v) is 5.74. The minimum absolute atomic E-state index is 0.0475. The highest BCUT2D eigenvalue weighted by molar-refractivity contribution is 5.70. The molecule has 23 heavy (non-hydrogen) atoms. The van der Waals surface area contributed by atoms with E-state index in [4.69, 9.17) is 4.74 Å². The normalized spacial score (nSPS) is 19.0. The second kappa shape index (κ2) is 8.53. The number of nitrogens with zero attached hydrogens (tertiary/aromatic N) is 1. The summed E-state index contributed by atoms with van der Waals surface area (Å²) >= 11 is 0. The van der Waals surface area contributed by atoms with Gasteiger partial charge < -0.3 is 19.5 Å². The first kappa shape index (κ1) is 17.3. The molecule has 1 aliphatic heterocycles. The molecule has 6 heteroatoms. The summed E-state index contributed by atoms with van der Waals surface area (Å²) in [5.74, 6) is -0.576. The molecule has 0 bridgehead atoms. The minimum Gasteiger partial charge on any atom is -0.469 e. The fourth-order valence-electron chi connectivity index (χ4n) is 2.72. The summed E-state index contributed by atoms with van der Waals surface area (Å²) in [6.45, 7) is 1.23. The number of piperidine rings is 1. The van der Waals surface area contributed by atoms with Crippen LogP contribution < -0.4 is 0 Å². The maximum atomic E-state index is 12.1. The van der Waals surface area contributed by atoms with Gasteiger partial charge in [-0.3, -0.25) is 4.79 Å². The lowest BCUT2D eigenvalue weighted by Crippen LogP contribution is -2.44. The topological polar surface area (TPSA) is 76.1 Å². The smallest absolute Gasteiger partial charge is 0.410 e. The van der Waals surface area contributed by atoms with E-state index in [0.717, 1.165) is 18.4 Å². The zero-order valence-electron chi connectivity index (χ0n) is 13.3. The van der Waals surface area contributed by atoms with Crippen molar-refractivity contribution in [3.8, 4) is 0 Å². The molecular formula is C17H23NO5. The van der Waals surface area contributed by atoms with Crippen LogP contribution in [0.4, 0.5) is 4.79 Å². The van der Waals surface area contributed by atoms with Gasteiger partial charge in [-0.15, -0.1) is 0 Å². The molecule has 0 aliphatic carbocycles. The second-order valence-electron chi connectivity index (χ2n) is 5.74. The molecule has 1 saturated heterocycles. The number of likely N-dealkylation sites (tertiary alicyclic amines) is 1. The SMILES string of the molecule is COC(=O)CC(O)C1CCCN(C(=O)OCc2ccccc2)C1. The van der Waals surface area contributed by atoms with Crippen molar-refractivity contribution < 1.29 is 24.2 Å². The lowest BCUT2D eigenvalue weighted by atomic mass is 9.91. The van der Waals surface area contributed by atoms with Crippen LogP contribution in [0.5, 0.6) is 0 Å². The van der Waals surface area contributed by atoms with Gasteiger partial charge in [0.2, 0.25) is 0 Å². The molecule has 126 valence electrons. The van der Waals surface area contributed by atoms with Crippen molar-refractivity contribution in [2.75, 3.05) is 20.2 Å². The number of aliphatic hydroxyl groups excluding tert-OH is 1. The number of ether oxygens (including phenoxy) is 2. The van der Waals surface area contributed by atoms with Gasteiger partial charge in [0.1, 0.15) is 6.61 Å². The first-order valence-corrected chi connectivity index (χ1v) is 7.80. The molecule has 0 saturated carbocycles. The lowest BCUT2D eigenvalue weighted by Gasteiger charge is -2.34. The summed E-state index contributed by atoms with van der Waals surface area (Å²) in [6.07, 6.45) is 0.328. The number of carbonyl (C=O) groups excluding carboxylic acids is 2. The van der Waals surface area contributed by atoms with Crippen molar-refractivity contribution in [3.05, 3.63) is 35.9 Å². The lowest BCUT2D eigenvalue weighted by molar-refractivity contribution is -0.143. The van der Waals surface area contributed by atoms with Crippen molar-refractivity contribution in [2.45, 2.75) is 32.0 Å². The van der Waals surface area contributed by atoms with E-state index in [-0.39, 0.29) is 25.0 Å². The van der Waals surface area contributed by atoms with E-state index in [9.17, 15) is 14.7 Å². The number of aliphatic hydroxyl groups is 1. The van der Waals surface area contributed by atoms with E-state index < -0.39 is 12.1 Å². The van der Waals surface area contributed by atoms with Gasteiger partial charge in [0.05, 0.1) is 19.6 Å². The number of rotatable bonds is 5. The Morgan fingerprint density at radius 1 is 1.35 bits per heavy atom. The number of benzene rings is 1. The first-order valence-electron chi connectivity index (χ1n) is 7.80. The van der Waals surface area contributed by atoms with Gasteiger partial charge in [0, 0.05) is 19.0 Å². The van der Waals surface area contributed by atoms with Gasteiger partial charge in [-0.25, -0.2) is 4.79 Å². The van der Waals surface area contributed by atoms with E-state index in [0.29, 0.717) is 13.1 Å². The third-order valence-corrected chi connectivity index (χ3v) is 4.07. The highest BCUT2D eigenvalue weighted by atomic mass is 16.6. The Hall–Kier alpha value is -2.08. The van der Waals surface area contributed by atoms with Crippen LogP contribution in [0.3, 0.4) is 0 Å². The molecule has 1 aliphatic rings. The van der Waals surface area contributed by atoms with E-state index in [2.05, 4.69) is 4.74 Å². The van der Waals surface area contributed by atoms with Crippen LogP contribution >= 0.6 is 0 Å². The Bertz CT molecular complexity index is 519. The molecule has 0 aromatic heterocycles. The van der Waals surface area contributed by atoms with Crippen molar-refractivity contribution in [1.29, 1.82) is 0 Å². The Kier molecular flexibility index (Phi) is 6.40. The first-order chi connectivity index (χ1) is 11.1. The maximum absolute atomic E-state index is 12.1. The van der Waals surface area contributed by atoms with Crippen LogP contribution in [0.1, 0.15) is 24.8 Å². The average molecular weight is 321 g/mol. The minimum atomic E-state index is -0.799. The highest BCUT2D eigenvalue weighted by Crippen LogP contribution is 2.22. The third-order valence-electron chi connectivity index (χ3n) is 4.07. The van der Waals surface area contributed by atoms with Crippen LogP contribution in [-0.2, 0) is 20.9 Å². The highest BCUT2D eigenvalue weighted by Gasteiger charge is 2.30. The summed E-state index contributed by atoms with van der Waals surface area (Å²) in [5.41, 5.74) is 0.931. The Morgan fingerprint density at radius 2 is 2.09 bits per heavy atom. The summed E-state index contributed by atoms with van der Waals surface area (Å²) < 4.78 is 9.88. The average Bonchev–Trinajstić information content (AvgIpc) is 2.60. The van der Waals surface area contributed by atoms with Crippen LogP contribution in [-0.4, -0.2) is 48.4 Å². The van der Waals surface area contributed by atoms with Gasteiger partial charge in [-0.1, -0.05) is 30.3 Å². The zero-order valence-corrected chi connectivity index (χ0v) is 13.3. The summed E-state index contributed by atoms with van der Waals surface area (Å²) in [4.78, 5) is 25.0. The summed E-state index contributed by atoms with van der Waals surface area (Å²) in [5, 5.41) is 10.1. The molecule has 1 aromatic carbocycles. The monoisotopic (exact) mass is 321 g/mol. The van der Waals surface area contributed by atoms with Crippen LogP contribution in [0.2, 0.25) is 0 Å². The number of methoxy groups -OCH3 is 1. The predicted molar refractivity (Wildman–Crippen MR) is 83.6 cm³/mol. The fourth-order valence-corrected chi connectivity index (χ4v) is 2.72. The molecule has 2 unspecified atom stereocenters. The van der Waals surface area contributed by atoms with Gasteiger partial charge in [0.25, 0.3) is 0 Å². The number of esters is 1. The van der Waals surface area contributed by atoms with Crippen molar-refractivity contribution in [3.63, 3.8) is 0 Å². The molecule has 1 heterocycles.